The molecule has 60 valence electrons. The molecule has 0 spiro atoms. The molecule has 1 nitrogen and oxygen atoms in total. The number of piperidine rings is 1. The first-order valence-electron chi connectivity index (χ1n) is 3.93. The zero-order chi connectivity index (χ0) is 7.61. The minimum Gasteiger partial charge on any atom is -0.316 e. The van der Waals surface area contributed by atoms with Crippen LogP contribution >= 0.6 is 0 Å². The third-order valence-electron chi connectivity index (χ3n) is 2.63. The van der Waals surface area contributed by atoms with Crippen LogP contribution in [0.1, 0.15) is 20.3 Å². The summed E-state index contributed by atoms with van der Waals surface area (Å²) in [5, 5.41) is 3.20. The molecule has 0 saturated carbocycles. The van der Waals surface area contributed by atoms with Crippen LogP contribution < -0.4 is 5.32 Å². The van der Waals surface area contributed by atoms with E-state index in [0.29, 0.717) is 0 Å². The van der Waals surface area contributed by atoms with E-state index in [-0.39, 0.29) is 18.0 Å². The Bertz CT molecular complexity index is 112. The fraction of sp³-hybridized carbons (Fsp3) is 1.00. The monoisotopic (exact) mass is 145 g/mol. The Labute approximate surface area is 62.0 Å². The van der Waals surface area contributed by atoms with E-state index in [1.54, 1.807) is 0 Å². The first kappa shape index (κ1) is 7.99. The molecule has 10 heavy (non-hydrogen) atoms. The maximum atomic E-state index is 12.3. The molecule has 0 aliphatic carbocycles. The van der Waals surface area contributed by atoms with Crippen LogP contribution in [0.25, 0.3) is 0 Å². The molecule has 1 N–H and O–H groups in total. The van der Waals surface area contributed by atoms with Crippen LogP contribution in [0.3, 0.4) is 0 Å². The van der Waals surface area contributed by atoms with Gasteiger partial charge in [0.1, 0.15) is 0 Å². The number of hydrogen-bond donors (Lipinski definition) is 1. The number of halogens is 1. The molecule has 0 aromatic heterocycles. The van der Waals surface area contributed by atoms with Gasteiger partial charge in [-0.1, -0.05) is 13.8 Å². The van der Waals surface area contributed by atoms with Crippen molar-refractivity contribution in [2.75, 3.05) is 19.8 Å². The van der Waals surface area contributed by atoms with Gasteiger partial charge < -0.3 is 5.32 Å². The van der Waals surface area contributed by atoms with Crippen LogP contribution in [-0.4, -0.2) is 19.8 Å². The van der Waals surface area contributed by atoms with E-state index in [0.717, 1.165) is 19.5 Å². The fourth-order valence-electron chi connectivity index (χ4n) is 1.43. The van der Waals surface area contributed by atoms with E-state index < -0.39 is 0 Å². The van der Waals surface area contributed by atoms with Crippen molar-refractivity contribution >= 4 is 0 Å². The summed E-state index contributed by atoms with van der Waals surface area (Å²) in [6, 6.07) is 0. The van der Waals surface area contributed by atoms with Crippen molar-refractivity contribution < 1.29 is 4.39 Å². The van der Waals surface area contributed by atoms with Crippen molar-refractivity contribution in [3.05, 3.63) is 0 Å². The highest BCUT2D eigenvalue weighted by atomic mass is 19.1. The molecule has 1 saturated heterocycles. The van der Waals surface area contributed by atoms with Gasteiger partial charge in [-0.05, 0) is 18.4 Å². The van der Waals surface area contributed by atoms with Crippen LogP contribution in [0.15, 0.2) is 0 Å². The summed E-state index contributed by atoms with van der Waals surface area (Å²) >= 11 is 0. The predicted molar refractivity (Wildman–Crippen MR) is 40.7 cm³/mol. The standard InChI is InChI=1S/C8H16FN/c1-8(2)3-4-10-6-7(8)5-9/h7,10H,3-6H2,1-2H3. The third-order valence-corrected chi connectivity index (χ3v) is 2.63. The van der Waals surface area contributed by atoms with Gasteiger partial charge in [0.2, 0.25) is 0 Å². The Morgan fingerprint density at radius 3 is 2.70 bits per heavy atom. The van der Waals surface area contributed by atoms with E-state index >= 15 is 0 Å². The average Bonchev–Trinajstić information content (AvgIpc) is 1.87. The SMILES string of the molecule is CC1(C)CCNCC1CF. The van der Waals surface area contributed by atoms with E-state index in [2.05, 4.69) is 19.2 Å². The van der Waals surface area contributed by atoms with Crippen LogP contribution in [-0.2, 0) is 0 Å². The van der Waals surface area contributed by atoms with E-state index in [1.807, 2.05) is 0 Å². The predicted octanol–water partition coefficient (Wildman–Crippen LogP) is 1.59. The summed E-state index contributed by atoms with van der Waals surface area (Å²) in [4.78, 5) is 0. The Balaban J connectivity index is 2.51. The number of nitrogens with one attached hydrogen (secondary N) is 1. The second-order valence-electron chi connectivity index (χ2n) is 3.79. The molecule has 1 atom stereocenters. The van der Waals surface area contributed by atoms with Crippen molar-refractivity contribution in [1.82, 2.24) is 5.32 Å². The molecule has 1 heterocycles. The molecule has 0 aromatic carbocycles. The van der Waals surface area contributed by atoms with E-state index in [9.17, 15) is 4.39 Å². The lowest BCUT2D eigenvalue weighted by atomic mass is 9.75. The highest BCUT2D eigenvalue weighted by Crippen LogP contribution is 2.32. The Kier molecular flexibility index (Phi) is 2.29. The molecule has 2 heteroatoms. The molecule has 0 radical (unpaired) electrons. The smallest absolute Gasteiger partial charge is 0.0939 e. The summed E-state index contributed by atoms with van der Waals surface area (Å²) < 4.78 is 12.3. The van der Waals surface area contributed by atoms with Crippen molar-refractivity contribution in [3.8, 4) is 0 Å². The number of alkyl halides is 1. The van der Waals surface area contributed by atoms with Gasteiger partial charge in [0.05, 0.1) is 6.67 Å². The molecule has 0 bridgehead atoms. The molecule has 1 aliphatic rings. The third kappa shape index (κ3) is 1.48. The lowest BCUT2D eigenvalue weighted by Crippen LogP contribution is -2.42. The highest BCUT2D eigenvalue weighted by molar-refractivity contribution is 4.84. The van der Waals surface area contributed by atoms with Crippen LogP contribution in [0, 0.1) is 11.3 Å². The average molecular weight is 145 g/mol. The highest BCUT2D eigenvalue weighted by Gasteiger charge is 2.31. The fourth-order valence-corrected chi connectivity index (χ4v) is 1.43. The van der Waals surface area contributed by atoms with Gasteiger partial charge in [0.15, 0.2) is 0 Å². The molecule has 1 rings (SSSR count). The maximum absolute atomic E-state index is 12.3. The molecule has 1 aliphatic heterocycles. The van der Waals surface area contributed by atoms with Crippen molar-refractivity contribution in [2.45, 2.75) is 20.3 Å². The summed E-state index contributed by atoms with van der Waals surface area (Å²) in [7, 11) is 0. The number of hydrogen-bond acceptors (Lipinski definition) is 1. The Morgan fingerprint density at radius 2 is 2.30 bits per heavy atom. The van der Waals surface area contributed by atoms with Crippen LogP contribution in [0.2, 0.25) is 0 Å². The molecule has 1 unspecified atom stereocenters. The lowest BCUT2D eigenvalue weighted by Gasteiger charge is -2.37. The van der Waals surface area contributed by atoms with Crippen molar-refractivity contribution in [1.29, 1.82) is 0 Å². The van der Waals surface area contributed by atoms with Gasteiger partial charge in [-0.15, -0.1) is 0 Å². The first-order valence-corrected chi connectivity index (χ1v) is 3.93. The molecular formula is C8H16FN. The topological polar surface area (TPSA) is 12.0 Å². The van der Waals surface area contributed by atoms with Crippen LogP contribution in [0.5, 0.6) is 0 Å². The largest absolute Gasteiger partial charge is 0.316 e. The summed E-state index contributed by atoms with van der Waals surface area (Å²) in [5.74, 6) is 0.223. The summed E-state index contributed by atoms with van der Waals surface area (Å²) in [6.45, 7) is 6.02. The Morgan fingerprint density at radius 1 is 1.60 bits per heavy atom. The van der Waals surface area contributed by atoms with Gasteiger partial charge in [-0.2, -0.15) is 0 Å². The molecular weight excluding hydrogens is 129 g/mol. The Hall–Kier alpha value is -0.110. The van der Waals surface area contributed by atoms with E-state index in [4.69, 9.17) is 0 Å². The molecule has 0 aromatic rings. The molecule has 0 amide bonds. The van der Waals surface area contributed by atoms with Gasteiger partial charge in [0.25, 0.3) is 0 Å². The number of rotatable bonds is 1. The van der Waals surface area contributed by atoms with Crippen molar-refractivity contribution in [2.24, 2.45) is 11.3 Å². The van der Waals surface area contributed by atoms with Gasteiger partial charge in [-0.3, -0.25) is 4.39 Å². The molecule has 1 fully saturated rings. The quantitative estimate of drug-likeness (QED) is 0.591. The normalized spacial score (nSPS) is 32.1. The zero-order valence-corrected chi connectivity index (χ0v) is 6.78. The van der Waals surface area contributed by atoms with Crippen LogP contribution in [0.4, 0.5) is 4.39 Å². The van der Waals surface area contributed by atoms with E-state index in [1.165, 1.54) is 0 Å². The maximum Gasteiger partial charge on any atom is 0.0939 e. The van der Waals surface area contributed by atoms with Gasteiger partial charge in [-0.25, -0.2) is 0 Å². The summed E-state index contributed by atoms with van der Waals surface area (Å²) in [6.07, 6.45) is 1.10. The lowest BCUT2D eigenvalue weighted by molar-refractivity contribution is 0.124. The van der Waals surface area contributed by atoms with Gasteiger partial charge >= 0.3 is 0 Å². The van der Waals surface area contributed by atoms with Gasteiger partial charge in [0, 0.05) is 12.5 Å². The second kappa shape index (κ2) is 2.87. The minimum absolute atomic E-state index is 0.181. The zero-order valence-electron chi connectivity index (χ0n) is 6.78. The first-order chi connectivity index (χ1) is 4.67. The van der Waals surface area contributed by atoms with Crippen molar-refractivity contribution in [3.63, 3.8) is 0 Å². The minimum atomic E-state index is -0.181. The second-order valence-corrected chi connectivity index (χ2v) is 3.79. The summed E-state index contributed by atoms with van der Waals surface area (Å²) in [5.41, 5.74) is 0.208.